The monoisotopic (exact) mass is 362 g/mol. The Hall–Kier alpha value is -2.69. The number of benzene rings is 3. The van der Waals surface area contributed by atoms with Gasteiger partial charge in [0.25, 0.3) is 0 Å². The summed E-state index contributed by atoms with van der Waals surface area (Å²) in [4.78, 5) is 0. The van der Waals surface area contributed by atoms with Crippen LogP contribution in [0.15, 0.2) is 84.9 Å². The quantitative estimate of drug-likeness (QED) is 0.704. The zero-order valence-corrected chi connectivity index (χ0v) is 15.4. The first-order chi connectivity index (χ1) is 13.0. The van der Waals surface area contributed by atoms with E-state index >= 15 is 0 Å². The smallest absolute Gasteiger partial charge is 0.216 e. The molecule has 1 saturated heterocycles. The van der Waals surface area contributed by atoms with Gasteiger partial charge in [-0.1, -0.05) is 66.7 Å². The Morgan fingerprint density at radius 3 is 2.19 bits per heavy atom. The number of hydrogen-bond donors (Lipinski definition) is 2. The molecule has 1 heterocycles. The minimum Gasteiger partial charge on any atom is -0.460 e. The van der Waals surface area contributed by atoms with E-state index in [-0.39, 0.29) is 11.9 Å². The van der Waals surface area contributed by atoms with E-state index in [9.17, 15) is 4.39 Å². The summed E-state index contributed by atoms with van der Waals surface area (Å²) < 4.78 is 19.8. The minimum atomic E-state index is -0.862. The zero-order valence-electron chi connectivity index (χ0n) is 15.4. The van der Waals surface area contributed by atoms with Gasteiger partial charge in [0.2, 0.25) is 5.85 Å². The van der Waals surface area contributed by atoms with Gasteiger partial charge >= 0.3 is 0 Å². The number of halogens is 1. The van der Waals surface area contributed by atoms with Crippen molar-refractivity contribution in [3.8, 4) is 5.75 Å². The molecular formula is C23H23FN2O. The van der Waals surface area contributed by atoms with Crippen LogP contribution < -0.4 is 15.4 Å². The molecule has 3 aromatic carbocycles. The molecule has 4 rings (SSSR count). The molecule has 1 fully saturated rings. The third kappa shape index (κ3) is 3.46. The average molecular weight is 362 g/mol. The fourth-order valence-electron chi connectivity index (χ4n) is 3.93. The van der Waals surface area contributed by atoms with Crippen molar-refractivity contribution in [1.29, 1.82) is 0 Å². The van der Waals surface area contributed by atoms with E-state index in [1.54, 1.807) is 12.1 Å². The van der Waals surface area contributed by atoms with Crippen LogP contribution in [0.1, 0.15) is 31.0 Å². The highest BCUT2D eigenvalue weighted by Crippen LogP contribution is 2.42. The Bertz CT molecular complexity index is 918. The summed E-state index contributed by atoms with van der Waals surface area (Å²) in [6.45, 7) is 4.09. The number of hydrogen-bond acceptors (Lipinski definition) is 3. The summed E-state index contributed by atoms with van der Waals surface area (Å²) >= 11 is 0. The summed E-state index contributed by atoms with van der Waals surface area (Å²) in [5.41, 5.74) is 1.89. The van der Waals surface area contributed by atoms with Gasteiger partial charge in [-0.05, 0) is 30.2 Å². The van der Waals surface area contributed by atoms with Crippen molar-refractivity contribution in [2.24, 2.45) is 0 Å². The van der Waals surface area contributed by atoms with Crippen molar-refractivity contribution in [2.45, 2.75) is 31.3 Å². The molecule has 3 aromatic rings. The molecule has 1 aliphatic heterocycles. The lowest BCUT2D eigenvalue weighted by atomic mass is 9.82. The van der Waals surface area contributed by atoms with Gasteiger partial charge in [0.1, 0.15) is 11.6 Å². The average Bonchev–Trinajstić information content (AvgIpc) is 2.95. The molecule has 3 unspecified atom stereocenters. The molecule has 0 aliphatic carbocycles. The van der Waals surface area contributed by atoms with Crippen LogP contribution in [0.25, 0.3) is 0 Å². The molecular weight excluding hydrogens is 339 g/mol. The first-order valence-corrected chi connectivity index (χ1v) is 9.11. The fourth-order valence-corrected chi connectivity index (χ4v) is 3.93. The SMILES string of the molecule is CC1(Oc2cccc(F)c2)NC(c2ccccc2)C(C)(c2ccccc2)N1. The Morgan fingerprint density at radius 1 is 0.852 bits per heavy atom. The van der Waals surface area contributed by atoms with E-state index in [1.807, 2.05) is 43.3 Å². The van der Waals surface area contributed by atoms with Crippen LogP contribution in [0.4, 0.5) is 4.39 Å². The predicted octanol–water partition coefficient (Wildman–Crippen LogP) is 4.73. The minimum absolute atomic E-state index is 0.0281. The third-order valence-electron chi connectivity index (χ3n) is 5.12. The first kappa shape index (κ1) is 17.7. The van der Waals surface area contributed by atoms with Crippen molar-refractivity contribution in [3.63, 3.8) is 0 Å². The summed E-state index contributed by atoms with van der Waals surface area (Å²) in [6, 6.07) is 26.8. The van der Waals surface area contributed by atoms with E-state index in [0.29, 0.717) is 5.75 Å². The van der Waals surface area contributed by atoms with Crippen LogP contribution in [0.2, 0.25) is 0 Å². The van der Waals surface area contributed by atoms with Crippen LogP contribution in [0, 0.1) is 5.82 Å². The zero-order chi connectivity index (χ0) is 18.9. The molecule has 0 aromatic heterocycles. The van der Waals surface area contributed by atoms with Crippen LogP contribution in [0.5, 0.6) is 5.75 Å². The largest absolute Gasteiger partial charge is 0.460 e. The summed E-state index contributed by atoms with van der Waals surface area (Å²) in [7, 11) is 0. The molecule has 0 saturated carbocycles. The van der Waals surface area contributed by atoms with Crippen LogP contribution in [0.3, 0.4) is 0 Å². The number of nitrogens with one attached hydrogen (secondary N) is 2. The summed E-state index contributed by atoms with van der Waals surface area (Å²) in [5, 5.41) is 7.21. The number of ether oxygens (including phenoxy) is 1. The lowest BCUT2D eigenvalue weighted by Crippen LogP contribution is -2.54. The molecule has 3 atom stereocenters. The predicted molar refractivity (Wildman–Crippen MR) is 105 cm³/mol. The number of rotatable bonds is 4. The van der Waals surface area contributed by atoms with Gasteiger partial charge in [-0.3, -0.25) is 10.6 Å². The molecule has 2 N–H and O–H groups in total. The fraction of sp³-hybridized carbons (Fsp3) is 0.217. The second kappa shape index (κ2) is 6.80. The molecule has 0 amide bonds. The molecule has 1 aliphatic rings. The second-order valence-electron chi connectivity index (χ2n) is 7.27. The highest BCUT2D eigenvalue weighted by atomic mass is 19.1. The third-order valence-corrected chi connectivity index (χ3v) is 5.12. The van der Waals surface area contributed by atoms with E-state index < -0.39 is 11.4 Å². The van der Waals surface area contributed by atoms with E-state index in [1.165, 1.54) is 12.1 Å². The molecule has 27 heavy (non-hydrogen) atoms. The molecule has 3 nitrogen and oxygen atoms in total. The van der Waals surface area contributed by atoms with Crippen molar-refractivity contribution in [2.75, 3.05) is 0 Å². The van der Waals surface area contributed by atoms with Crippen molar-refractivity contribution >= 4 is 0 Å². The maximum Gasteiger partial charge on any atom is 0.216 e. The Kier molecular flexibility index (Phi) is 4.46. The molecule has 4 heteroatoms. The van der Waals surface area contributed by atoms with Crippen LogP contribution in [-0.2, 0) is 5.54 Å². The summed E-state index contributed by atoms with van der Waals surface area (Å²) in [6.07, 6.45) is 0. The highest BCUT2D eigenvalue weighted by molar-refractivity contribution is 5.35. The van der Waals surface area contributed by atoms with E-state index in [0.717, 1.165) is 11.1 Å². The van der Waals surface area contributed by atoms with Gasteiger partial charge in [-0.15, -0.1) is 0 Å². The first-order valence-electron chi connectivity index (χ1n) is 9.11. The van der Waals surface area contributed by atoms with Crippen LogP contribution in [-0.4, -0.2) is 5.85 Å². The second-order valence-corrected chi connectivity index (χ2v) is 7.27. The van der Waals surface area contributed by atoms with Crippen LogP contribution >= 0.6 is 0 Å². The van der Waals surface area contributed by atoms with Gasteiger partial charge in [0, 0.05) is 13.0 Å². The Labute approximate surface area is 159 Å². The lowest BCUT2D eigenvalue weighted by Gasteiger charge is -2.33. The normalized spacial score (nSPS) is 27.4. The van der Waals surface area contributed by atoms with Crippen molar-refractivity contribution < 1.29 is 9.13 Å². The van der Waals surface area contributed by atoms with Crippen molar-refractivity contribution in [1.82, 2.24) is 10.6 Å². The topological polar surface area (TPSA) is 33.3 Å². The standard InChI is InChI=1S/C23H23FN2O/c1-22(18-12-7-4-8-13-18)21(17-10-5-3-6-11-17)25-23(2,26-22)27-20-15-9-14-19(24)16-20/h3-16,21,25-26H,1-2H3. The highest BCUT2D eigenvalue weighted by Gasteiger charge is 2.51. The Balaban J connectivity index is 1.73. The molecule has 0 bridgehead atoms. The maximum absolute atomic E-state index is 13.6. The van der Waals surface area contributed by atoms with Gasteiger partial charge in [0.15, 0.2) is 0 Å². The maximum atomic E-state index is 13.6. The summed E-state index contributed by atoms with van der Waals surface area (Å²) in [5.74, 6) is -0.708. The van der Waals surface area contributed by atoms with Gasteiger partial charge in [-0.2, -0.15) is 0 Å². The van der Waals surface area contributed by atoms with Gasteiger partial charge in [-0.25, -0.2) is 4.39 Å². The van der Waals surface area contributed by atoms with E-state index in [4.69, 9.17) is 4.74 Å². The van der Waals surface area contributed by atoms with E-state index in [2.05, 4.69) is 41.8 Å². The van der Waals surface area contributed by atoms with Gasteiger partial charge < -0.3 is 4.74 Å². The molecule has 0 spiro atoms. The molecule has 138 valence electrons. The molecule has 0 radical (unpaired) electrons. The lowest BCUT2D eigenvalue weighted by molar-refractivity contribution is 0.0373. The van der Waals surface area contributed by atoms with Crippen molar-refractivity contribution in [3.05, 3.63) is 102 Å². The van der Waals surface area contributed by atoms with Gasteiger partial charge in [0.05, 0.1) is 11.6 Å². The Morgan fingerprint density at radius 2 is 1.52 bits per heavy atom.